The van der Waals surface area contributed by atoms with Gasteiger partial charge in [0, 0.05) is 24.2 Å². The summed E-state index contributed by atoms with van der Waals surface area (Å²) >= 11 is 0. The first-order valence-corrected chi connectivity index (χ1v) is 7.22. The summed E-state index contributed by atoms with van der Waals surface area (Å²) in [5.41, 5.74) is 0. The molecular weight excluding hydrogens is 196 g/mol. The van der Waals surface area contributed by atoms with Crippen molar-refractivity contribution >= 4 is 0 Å². The fraction of sp³-hybridized carbons (Fsp3) is 1.00. The van der Waals surface area contributed by atoms with Gasteiger partial charge in [0.25, 0.3) is 0 Å². The zero-order chi connectivity index (χ0) is 11.1. The number of nitrogens with one attached hydrogen (secondary N) is 1. The first-order chi connectivity index (χ1) is 7.78. The Morgan fingerprint density at radius 1 is 0.875 bits per heavy atom. The van der Waals surface area contributed by atoms with Crippen molar-refractivity contribution in [1.82, 2.24) is 10.2 Å². The van der Waals surface area contributed by atoms with Crippen LogP contribution >= 0.6 is 0 Å². The van der Waals surface area contributed by atoms with Crippen LogP contribution in [0.15, 0.2) is 0 Å². The van der Waals surface area contributed by atoms with Crippen molar-refractivity contribution in [2.75, 3.05) is 7.05 Å². The van der Waals surface area contributed by atoms with E-state index in [1.54, 1.807) is 0 Å². The van der Waals surface area contributed by atoms with Crippen LogP contribution in [0.1, 0.15) is 51.9 Å². The Labute approximate surface area is 99.8 Å². The van der Waals surface area contributed by atoms with Crippen LogP contribution in [0, 0.1) is 5.92 Å². The fourth-order valence-corrected chi connectivity index (χ4v) is 4.49. The maximum atomic E-state index is 3.50. The van der Waals surface area contributed by atoms with Crippen LogP contribution in [0.4, 0.5) is 0 Å². The zero-order valence-corrected chi connectivity index (χ0v) is 10.8. The molecule has 3 fully saturated rings. The van der Waals surface area contributed by atoms with Gasteiger partial charge >= 0.3 is 0 Å². The third kappa shape index (κ3) is 1.80. The Morgan fingerprint density at radius 3 is 1.94 bits per heavy atom. The van der Waals surface area contributed by atoms with Gasteiger partial charge in [-0.15, -0.1) is 0 Å². The molecule has 0 aromatic carbocycles. The van der Waals surface area contributed by atoms with Crippen molar-refractivity contribution in [2.24, 2.45) is 5.92 Å². The maximum absolute atomic E-state index is 3.50. The van der Waals surface area contributed by atoms with Gasteiger partial charge in [0.15, 0.2) is 0 Å². The fourth-order valence-electron chi connectivity index (χ4n) is 4.49. The van der Waals surface area contributed by atoms with Crippen molar-refractivity contribution in [3.05, 3.63) is 0 Å². The molecule has 4 unspecified atom stereocenters. The van der Waals surface area contributed by atoms with E-state index < -0.39 is 0 Å². The van der Waals surface area contributed by atoms with Gasteiger partial charge in [-0.25, -0.2) is 0 Å². The predicted octanol–water partition coefficient (Wildman–Crippen LogP) is 2.39. The topological polar surface area (TPSA) is 15.3 Å². The highest BCUT2D eigenvalue weighted by molar-refractivity contribution is 5.01. The summed E-state index contributed by atoms with van der Waals surface area (Å²) in [7, 11) is 2.14. The second-order valence-corrected chi connectivity index (χ2v) is 6.36. The van der Waals surface area contributed by atoms with Crippen LogP contribution in [-0.2, 0) is 0 Å². The summed E-state index contributed by atoms with van der Waals surface area (Å²) in [6, 6.07) is 3.55. The Morgan fingerprint density at radius 2 is 1.44 bits per heavy atom. The number of rotatable bonds is 2. The van der Waals surface area contributed by atoms with Crippen LogP contribution in [0.2, 0.25) is 0 Å². The predicted molar refractivity (Wildman–Crippen MR) is 67.5 cm³/mol. The summed E-state index contributed by atoms with van der Waals surface area (Å²) in [5.74, 6) is 0.978. The van der Waals surface area contributed by atoms with Gasteiger partial charge in [0.2, 0.25) is 0 Å². The van der Waals surface area contributed by atoms with E-state index in [1.807, 2.05) is 0 Å². The van der Waals surface area contributed by atoms with E-state index in [4.69, 9.17) is 0 Å². The van der Waals surface area contributed by atoms with Gasteiger partial charge in [-0.2, -0.15) is 0 Å². The smallest absolute Gasteiger partial charge is 0.0116 e. The Balaban J connectivity index is 1.69. The minimum Gasteiger partial charge on any atom is -0.317 e. The van der Waals surface area contributed by atoms with Crippen molar-refractivity contribution in [3.63, 3.8) is 0 Å². The highest BCUT2D eigenvalue weighted by Crippen LogP contribution is 2.42. The number of nitrogens with zero attached hydrogens (tertiary/aromatic N) is 1. The largest absolute Gasteiger partial charge is 0.317 e. The molecule has 0 radical (unpaired) electrons. The Hall–Kier alpha value is -0.0800. The number of fused-ring (bicyclic) bond motifs is 2. The standard InChI is InChI=1S/C14H26N2/c1-10-3-4-12(7-10)16-13-5-6-14(16)9-11(8-13)15-2/h10-15H,3-9H2,1-2H3. The second kappa shape index (κ2) is 4.30. The van der Waals surface area contributed by atoms with Gasteiger partial charge in [0.05, 0.1) is 0 Å². The lowest BCUT2D eigenvalue weighted by molar-refractivity contribution is 0.0724. The Bertz CT molecular complexity index is 239. The van der Waals surface area contributed by atoms with Crippen molar-refractivity contribution in [1.29, 1.82) is 0 Å². The van der Waals surface area contributed by atoms with Crippen LogP contribution in [-0.4, -0.2) is 36.1 Å². The van der Waals surface area contributed by atoms with Gasteiger partial charge < -0.3 is 5.32 Å². The lowest BCUT2D eigenvalue weighted by Crippen LogP contribution is -2.51. The summed E-state index contributed by atoms with van der Waals surface area (Å²) in [6.07, 6.45) is 10.1. The molecule has 1 N–H and O–H groups in total. The van der Waals surface area contributed by atoms with Crippen molar-refractivity contribution < 1.29 is 0 Å². The minimum absolute atomic E-state index is 0.799. The molecule has 0 aromatic rings. The lowest BCUT2D eigenvalue weighted by Gasteiger charge is -2.42. The number of hydrogen-bond donors (Lipinski definition) is 1. The van der Waals surface area contributed by atoms with Crippen LogP contribution in [0.25, 0.3) is 0 Å². The summed E-state index contributed by atoms with van der Waals surface area (Å²) in [4.78, 5) is 2.93. The second-order valence-electron chi connectivity index (χ2n) is 6.36. The van der Waals surface area contributed by atoms with Crippen LogP contribution < -0.4 is 5.32 Å². The van der Waals surface area contributed by atoms with Gasteiger partial charge in [0.1, 0.15) is 0 Å². The molecule has 4 atom stereocenters. The van der Waals surface area contributed by atoms with E-state index in [2.05, 4.69) is 24.2 Å². The molecule has 2 nitrogen and oxygen atoms in total. The molecule has 3 rings (SSSR count). The third-order valence-corrected chi connectivity index (χ3v) is 5.29. The maximum Gasteiger partial charge on any atom is 0.0116 e. The summed E-state index contributed by atoms with van der Waals surface area (Å²) in [6.45, 7) is 2.43. The van der Waals surface area contributed by atoms with E-state index in [0.717, 1.165) is 30.1 Å². The quantitative estimate of drug-likeness (QED) is 0.772. The molecule has 0 spiro atoms. The molecule has 92 valence electrons. The van der Waals surface area contributed by atoms with Crippen molar-refractivity contribution in [2.45, 2.75) is 76.0 Å². The van der Waals surface area contributed by atoms with Gasteiger partial charge in [-0.1, -0.05) is 6.92 Å². The van der Waals surface area contributed by atoms with Crippen LogP contribution in [0.3, 0.4) is 0 Å². The molecule has 2 aliphatic heterocycles. The molecule has 1 aliphatic carbocycles. The highest BCUT2D eigenvalue weighted by atomic mass is 15.3. The lowest BCUT2D eigenvalue weighted by atomic mass is 9.95. The molecular formula is C14H26N2. The molecule has 2 heterocycles. The number of piperidine rings is 1. The average molecular weight is 222 g/mol. The van der Waals surface area contributed by atoms with E-state index in [0.29, 0.717) is 0 Å². The van der Waals surface area contributed by atoms with Gasteiger partial charge in [-0.3, -0.25) is 4.90 Å². The molecule has 0 amide bonds. The highest BCUT2D eigenvalue weighted by Gasteiger charge is 2.44. The third-order valence-electron chi connectivity index (χ3n) is 5.29. The van der Waals surface area contributed by atoms with E-state index in [-0.39, 0.29) is 0 Å². The molecule has 3 aliphatic rings. The first kappa shape index (κ1) is 11.0. The monoisotopic (exact) mass is 222 g/mol. The number of hydrogen-bond acceptors (Lipinski definition) is 2. The molecule has 2 saturated heterocycles. The molecule has 16 heavy (non-hydrogen) atoms. The van der Waals surface area contributed by atoms with E-state index in [1.165, 1.54) is 44.9 Å². The summed E-state index contributed by atoms with van der Waals surface area (Å²) < 4.78 is 0. The minimum atomic E-state index is 0.799. The van der Waals surface area contributed by atoms with Gasteiger partial charge in [-0.05, 0) is 57.9 Å². The molecule has 0 aromatic heterocycles. The Kier molecular flexibility index (Phi) is 2.97. The van der Waals surface area contributed by atoms with E-state index in [9.17, 15) is 0 Å². The SMILES string of the molecule is CNC1CC2CCC(C1)N2C1CCC(C)C1. The van der Waals surface area contributed by atoms with Crippen LogP contribution in [0.5, 0.6) is 0 Å². The molecule has 2 bridgehead atoms. The molecule has 2 heteroatoms. The van der Waals surface area contributed by atoms with Crippen molar-refractivity contribution in [3.8, 4) is 0 Å². The molecule has 1 saturated carbocycles. The average Bonchev–Trinajstić information content (AvgIpc) is 2.80. The van der Waals surface area contributed by atoms with E-state index >= 15 is 0 Å². The zero-order valence-electron chi connectivity index (χ0n) is 10.8. The normalized spacial score (nSPS) is 48.8. The first-order valence-electron chi connectivity index (χ1n) is 7.22. The summed E-state index contributed by atoms with van der Waals surface area (Å²) in [5, 5.41) is 3.50.